The molecule has 3 atom stereocenters. The number of rotatable bonds is 7. The van der Waals surface area contributed by atoms with Crippen molar-refractivity contribution >= 4 is 29.3 Å². The summed E-state index contributed by atoms with van der Waals surface area (Å²) in [5.41, 5.74) is 3.43. The second-order valence-corrected chi connectivity index (χ2v) is 9.68. The van der Waals surface area contributed by atoms with E-state index in [1.54, 1.807) is 0 Å². The molecule has 3 aromatic rings. The van der Waals surface area contributed by atoms with Gasteiger partial charge in [-0.05, 0) is 35.6 Å². The van der Waals surface area contributed by atoms with Gasteiger partial charge >= 0.3 is 0 Å². The van der Waals surface area contributed by atoms with Crippen LogP contribution in [0.1, 0.15) is 35.4 Å². The molecule has 1 fully saturated rings. The zero-order valence-electron chi connectivity index (χ0n) is 20.9. The minimum Gasteiger partial charge on any atom is -0.350 e. The molecule has 2 aliphatic rings. The molecule has 0 spiro atoms. The molecule has 0 saturated carbocycles. The Balaban J connectivity index is 1.44. The average molecular weight is 511 g/mol. The predicted molar refractivity (Wildman–Crippen MR) is 143 cm³/mol. The lowest BCUT2D eigenvalue weighted by atomic mass is 9.86. The maximum atomic E-state index is 14.2. The van der Waals surface area contributed by atoms with E-state index < -0.39 is 18.0 Å². The topological polar surface area (TPSA) is 108 Å². The molecule has 3 N–H and O–H groups in total. The van der Waals surface area contributed by atoms with Gasteiger partial charge < -0.3 is 20.9 Å². The van der Waals surface area contributed by atoms with Gasteiger partial charge in [-0.1, -0.05) is 78.9 Å². The summed E-state index contributed by atoms with van der Waals surface area (Å²) in [6.45, 7) is 0.161. The van der Waals surface area contributed by atoms with Gasteiger partial charge in [0.05, 0.1) is 0 Å². The van der Waals surface area contributed by atoms with Crippen molar-refractivity contribution in [3.05, 3.63) is 102 Å². The third-order valence-corrected chi connectivity index (χ3v) is 7.13. The van der Waals surface area contributed by atoms with Crippen molar-refractivity contribution < 1.29 is 19.2 Å². The summed E-state index contributed by atoms with van der Waals surface area (Å²) in [5, 5.41) is 8.52. The zero-order chi connectivity index (χ0) is 26.5. The van der Waals surface area contributed by atoms with Crippen LogP contribution in [0.25, 0.3) is 0 Å². The number of hydrogen-bond donors (Lipinski definition) is 3. The van der Waals surface area contributed by atoms with Gasteiger partial charge in [-0.3, -0.25) is 19.2 Å². The summed E-state index contributed by atoms with van der Waals surface area (Å²) in [6.07, 6.45) is 1.15. The lowest BCUT2D eigenvalue weighted by Crippen LogP contribution is -2.55. The summed E-state index contributed by atoms with van der Waals surface area (Å²) >= 11 is 0. The molecule has 3 aromatic carbocycles. The van der Waals surface area contributed by atoms with Gasteiger partial charge in [0, 0.05) is 24.6 Å². The van der Waals surface area contributed by atoms with Gasteiger partial charge in [0.2, 0.25) is 17.7 Å². The number of fused-ring (bicyclic) bond motifs is 1. The molecule has 4 amide bonds. The molecule has 194 valence electrons. The van der Waals surface area contributed by atoms with Crippen LogP contribution in [0.2, 0.25) is 0 Å². The first-order chi connectivity index (χ1) is 18.5. The second-order valence-electron chi connectivity index (χ2n) is 9.68. The van der Waals surface area contributed by atoms with Crippen LogP contribution in [0.4, 0.5) is 5.69 Å². The molecule has 0 radical (unpaired) electrons. The van der Waals surface area contributed by atoms with E-state index in [4.69, 9.17) is 0 Å². The highest BCUT2D eigenvalue weighted by Crippen LogP contribution is 2.35. The number of carbonyl (C=O) groups is 4. The van der Waals surface area contributed by atoms with Crippen LogP contribution in [-0.4, -0.2) is 42.3 Å². The van der Waals surface area contributed by atoms with E-state index in [-0.39, 0.29) is 36.6 Å². The van der Waals surface area contributed by atoms with Crippen molar-refractivity contribution in [3.8, 4) is 0 Å². The van der Waals surface area contributed by atoms with Crippen LogP contribution in [0.5, 0.6) is 0 Å². The van der Waals surface area contributed by atoms with Gasteiger partial charge in [0.1, 0.15) is 18.6 Å². The Hall–Kier alpha value is -4.46. The van der Waals surface area contributed by atoms with E-state index >= 15 is 0 Å². The van der Waals surface area contributed by atoms with Crippen molar-refractivity contribution in [2.24, 2.45) is 0 Å². The van der Waals surface area contributed by atoms with E-state index in [2.05, 4.69) is 16.0 Å². The van der Waals surface area contributed by atoms with E-state index in [0.29, 0.717) is 25.1 Å². The van der Waals surface area contributed by atoms with Gasteiger partial charge in [-0.15, -0.1) is 0 Å². The van der Waals surface area contributed by atoms with E-state index in [1.807, 2.05) is 84.9 Å². The Kier molecular flexibility index (Phi) is 7.49. The third kappa shape index (κ3) is 5.59. The first kappa shape index (κ1) is 25.2. The largest absolute Gasteiger partial charge is 0.350 e. The van der Waals surface area contributed by atoms with E-state index in [9.17, 15) is 19.2 Å². The number of benzene rings is 3. The van der Waals surface area contributed by atoms with Crippen LogP contribution in [0.3, 0.4) is 0 Å². The summed E-state index contributed by atoms with van der Waals surface area (Å²) < 4.78 is 0. The van der Waals surface area contributed by atoms with E-state index in [0.717, 1.165) is 16.7 Å². The van der Waals surface area contributed by atoms with Crippen LogP contribution in [0, 0.1) is 0 Å². The fraction of sp³-hybridized carbons (Fsp3) is 0.267. The number of para-hydroxylation sites is 1. The van der Waals surface area contributed by atoms with Crippen molar-refractivity contribution in [2.75, 3.05) is 11.4 Å². The fourth-order valence-electron chi connectivity index (χ4n) is 5.16. The first-order valence-electron chi connectivity index (χ1n) is 12.8. The Labute approximate surface area is 221 Å². The minimum absolute atomic E-state index is 0.180. The predicted octanol–water partition coefficient (Wildman–Crippen LogP) is 2.44. The van der Waals surface area contributed by atoms with Crippen molar-refractivity contribution in [2.45, 2.75) is 43.8 Å². The molecule has 0 aliphatic carbocycles. The standard InChI is InChI=1S/C30H30N4O4/c35-26-16-15-24(32-26)29(37)33-28-23(21-11-5-2-6-12-21)17-22-13-7-8-14-25(22)34(30(28)38)19-27(36)31-18-20-9-3-1-4-10-20/h1-14,23-24,28H,15-19H2,(H,31,36)(H,32,35)(H,33,37)/t23-,24-,28-/m0/s1. The molecular weight excluding hydrogens is 480 g/mol. The van der Waals surface area contributed by atoms with Crippen LogP contribution < -0.4 is 20.9 Å². The molecule has 8 heteroatoms. The highest BCUT2D eigenvalue weighted by atomic mass is 16.2. The monoisotopic (exact) mass is 510 g/mol. The summed E-state index contributed by atoms with van der Waals surface area (Å²) in [6, 6.07) is 25.1. The summed E-state index contributed by atoms with van der Waals surface area (Å²) in [5.74, 6) is -1.60. The van der Waals surface area contributed by atoms with Crippen LogP contribution >= 0.6 is 0 Å². The normalized spacial score (nSPS) is 20.7. The van der Waals surface area contributed by atoms with Gasteiger partial charge in [0.15, 0.2) is 0 Å². The number of carbonyl (C=O) groups excluding carboxylic acids is 4. The molecule has 8 nitrogen and oxygen atoms in total. The number of nitrogens with one attached hydrogen (secondary N) is 3. The molecule has 38 heavy (non-hydrogen) atoms. The number of anilines is 1. The molecule has 0 bridgehead atoms. The highest BCUT2D eigenvalue weighted by Gasteiger charge is 2.41. The molecule has 5 rings (SSSR count). The molecule has 2 aliphatic heterocycles. The van der Waals surface area contributed by atoms with Crippen molar-refractivity contribution in [3.63, 3.8) is 0 Å². The Bertz CT molecular complexity index is 1330. The lowest BCUT2D eigenvalue weighted by molar-refractivity contribution is -0.130. The Morgan fingerprint density at radius 1 is 0.895 bits per heavy atom. The van der Waals surface area contributed by atoms with Crippen LogP contribution in [-0.2, 0) is 32.1 Å². The Morgan fingerprint density at radius 3 is 2.29 bits per heavy atom. The molecule has 0 aromatic heterocycles. The summed E-state index contributed by atoms with van der Waals surface area (Å²) in [4.78, 5) is 53.6. The van der Waals surface area contributed by atoms with Gasteiger partial charge in [0.25, 0.3) is 5.91 Å². The number of nitrogens with zero attached hydrogens (tertiary/aromatic N) is 1. The Morgan fingerprint density at radius 2 is 1.58 bits per heavy atom. The highest BCUT2D eigenvalue weighted by molar-refractivity contribution is 6.05. The number of amides is 4. The van der Waals surface area contributed by atoms with Gasteiger partial charge in [-0.2, -0.15) is 0 Å². The minimum atomic E-state index is -0.920. The molecular formula is C30H30N4O4. The molecule has 1 saturated heterocycles. The first-order valence-corrected chi connectivity index (χ1v) is 12.8. The third-order valence-electron chi connectivity index (χ3n) is 7.13. The summed E-state index contributed by atoms with van der Waals surface area (Å²) in [7, 11) is 0. The lowest BCUT2D eigenvalue weighted by Gasteiger charge is -2.30. The average Bonchev–Trinajstić information content (AvgIpc) is 3.35. The molecule has 2 heterocycles. The zero-order valence-corrected chi connectivity index (χ0v) is 20.9. The smallest absolute Gasteiger partial charge is 0.250 e. The molecule has 0 unspecified atom stereocenters. The maximum absolute atomic E-state index is 14.2. The van der Waals surface area contributed by atoms with Crippen LogP contribution in [0.15, 0.2) is 84.9 Å². The second kappa shape index (κ2) is 11.3. The quantitative estimate of drug-likeness (QED) is 0.454. The van der Waals surface area contributed by atoms with E-state index in [1.165, 1.54) is 4.90 Å². The fourth-order valence-corrected chi connectivity index (χ4v) is 5.16. The number of hydrogen-bond acceptors (Lipinski definition) is 4. The van der Waals surface area contributed by atoms with Crippen molar-refractivity contribution in [1.82, 2.24) is 16.0 Å². The maximum Gasteiger partial charge on any atom is 0.250 e. The SMILES string of the molecule is O=C(CN1C(=O)[C@@H](NC(=O)[C@@H]2CCC(=O)N2)[C@H](c2ccccc2)Cc2ccccc21)NCc1ccccc1. The van der Waals surface area contributed by atoms with Gasteiger partial charge in [-0.25, -0.2) is 0 Å². The van der Waals surface area contributed by atoms with Crippen molar-refractivity contribution in [1.29, 1.82) is 0 Å².